The van der Waals surface area contributed by atoms with Gasteiger partial charge in [-0.25, -0.2) is 0 Å². The molecule has 1 unspecified atom stereocenters. The fourth-order valence-corrected chi connectivity index (χ4v) is 0.367. The predicted octanol–water partition coefficient (Wildman–Crippen LogP) is 1.19. The van der Waals surface area contributed by atoms with Crippen LogP contribution < -0.4 is 0 Å². The summed E-state index contributed by atoms with van der Waals surface area (Å²) in [4.78, 5) is 10.2. The number of hydrogen-bond donors (Lipinski definition) is 0. The third-order valence-corrected chi connectivity index (χ3v) is 0.942. The molecule has 0 aromatic heterocycles. The van der Waals surface area contributed by atoms with Crippen molar-refractivity contribution < 1.29 is 12.4 Å². The molecule has 1 atom stereocenters. The Morgan fingerprint density at radius 1 is 1.78 bits per heavy atom. The van der Waals surface area contributed by atoms with E-state index < -0.39 is 0 Å². The van der Waals surface area contributed by atoms with Gasteiger partial charge in [0.05, 0.1) is 6.10 Å². The molecule has 0 N–H and O–H groups in total. The molecule has 52 valence electrons. The van der Waals surface area contributed by atoms with Gasteiger partial charge in [0.15, 0.2) is 0 Å². The minimum absolute atomic E-state index is 0. The summed E-state index contributed by atoms with van der Waals surface area (Å²) >= 11 is 0. The molecule has 2 nitrogen and oxygen atoms in total. The maximum atomic E-state index is 10.2. The Balaban J connectivity index is -0.0000000817. The summed E-state index contributed by atoms with van der Waals surface area (Å²) in [5.41, 5.74) is 0. The van der Waals surface area contributed by atoms with Gasteiger partial charge in [-0.1, -0.05) is 6.92 Å². The third kappa shape index (κ3) is 8.73. The van der Waals surface area contributed by atoms with Crippen molar-refractivity contribution in [2.75, 3.05) is 0 Å². The number of hydrogen-bond acceptors (Lipinski definition) is 2. The van der Waals surface area contributed by atoms with E-state index in [9.17, 15) is 4.79 Å². The standard InChI is InChI=1S/C6H12O2.Ca.2H/c1-4-5(2)8-6(3)7;;;/h5H,4H2,1-3H3;;;/q;+2;2*-1. The van der Waals surface area contributed by atoms with E-state index in [4.69, 9.17) is 4.74 Å². The molecule has 0 aromatic carbocycles. The van der Waals surface area contributed by atoms with Crippen LogP contribution in [0.25, 0.3) is 0 Å². The molecule has 0 rings (SSSR count). The normalized spacial score (nSPS) is 11.4. The fraction of sp³-hybridized carbons (Fsp3) is 0.833. The van der Waals surface area contributed by atoms with E-state index in [1.807, 2.05) is 13.8 Å². The molecule has 0 aliphatic carbocycles. The Bertz CT molecular complexity index is 90.7. The second-order valence-electron chi connectivity index (χ2n) is 1.83. The summed E-state index contributed by atoms with van der Waals surface area (Å²) in [7, 11) is 0. The molecule has 0 aliphatic heterocycles. The van der Waals surface area contributed by atoms with Crippen LogP contribution in [0.15, 0.2) is 0 Å². The zero-order chi connectivity index (χ0) is 6.57. The smallest absolute Gasteiger partial charge is 1.00 e. The molecule has 0 saturated carbocycles. The molecule has 0 amide bonds. The van der Waals surface area contributed by atoms with Gasteiger partial charge in [0.25, 0.3) is 0 Å². The average molecular weight is 158 g/mol. The first kappa shape index (κ1) is 12.4. The van der Waals surface area contributed by atoms with Gasteiger partial charge in [0.1, 0.15) is 0 Å². The molecule has 0 bridgehead atoms. The van der Waals surface area contributed by atoms with Crippen LogP contribution in [0.5, 0.6) is 0 Å². The third-order valence-electron chi connectivity index (χ3n) is 0.942. The van der Waals surface area contributed by atoms with E-state index in [0.29, 0.717) is 0 Å². The van der Waals surface area contributed by atoms with Gasteiger partial charge in [-0.2, -0.15) is 0 Å². The van der Waals surface area contributed by atoms with E-state index in [2.05, 4.69) is 0 Å². The van der Waals surface area contributed by atoms with Gasteiger partial charge in [-0.3, -0.25) is 4.79 Å². The molecule has 0 aliphatic rings. The summed E-state index contributed by atoms with van der Waals surface area (Å²) in [5, 5.41) is 0. The number of rotatable bonds is 2. The van der Waals surface area contributed by atoms with Crippen molar-refractivity contribution in [1.82, 2.24) is 0 Å². The molecule has 0 fully saturated rings. The van der Waals surface area contributed by atoms with Crippen molar-refractivity contribution in [2.24, 2.45) is 0 Å². The quantitative estimate of drug-likeness (QED) is 0.446. The van der Waals surface area contributed by atoms with Crippen LogP contribution in [0.3, 0.4) is 0 Å². The maximum absolute atomic E-state index is 10.2. The van der Waals surface area contributed by atoms with Crippen molar-refractivity contribution in [3.63, 3.8) is 0 Å². The molecule has 0 saturated heterocycles. The minimum Gasteiger partial charge on any atom is -1.00 e. The van der Waals surface area contributed by atoms with Crippen LogP contribution in [-0.2, 0) is 9.53 Å². The monoisotopic (exact) mass is 158 g/mol. The Morgan fingerprint density at radius 2 is 2.22 bits per heavy atom. The van der Waals surface area contributed by atoms with Crippen LogP contribution >= 0.6 is 0 Å². The first-order valence-corrected chi connectivity index (χ1v) is 2.84. The number of carbonyl (C=O) groups is 1. The van der Waals surface area contributed by atoms with Crippen molar-refractivity contribution in [3.05, 3.63) is 0 Å². The molecule has 9 heavy (non-hydrogen) atoms. The zero-order valence-corrected chi connectivity index (χ0v) is 8.52. The maximum Gasteiger partial charge on any atom is 2.00 e. The van der Waals surface area contributed by atoms with E-state index in [0.717, 1.165) is 6.42 Å². The van der Waals surface area contributed by atoms with Gasteiger partial charge >= 0.3 is 43.7 Å². The molecular formula is C6H14CaO2. The Morgan fingerprint density at radius 3 is 2.33 bits per heavy atom. The fourth-order valence-electron chi connectivity index (χ4n) is 0.367. The number of esters is 1. The number of carbonyl (C=O) groups excluding carboxylic acids is 1. The summed E-state index contributed by atoms with van der Waals surface area (Å²) in [6.07, 6.45) is 0.965. The van der Waals surface area contributed by atoms with Gasteiger partial charge in [-0.05, 0) is 13.3 Å². The van der Waals surface area contributed by atoms with Gasteiger partial charge in [0.2, 0.25) is 0 Å². The first-order chi connectivity index (χ1) is 3.66. The number of ether oxygens (including phenoxy) is 1. The van der Waals surface area contributed by atoms with Crippen LogP contribution in [0.1, 0.15) is 30.0 Å². The Hall–Kier alpha value is 0.730. The predicted molar refractivity (Wildman–Crippen MR) is 39.5 cm³/mol. The van der Waals surface area contributed by atoms with Crippen molar-refractivity contribution >= 4 is 43.7 Å². The topological polar surface area (TPSA) is 26.3 Å². The van der Waals surface area contributed by atoms with Crippen LogP contribution in [0.4, 0.5) is 0 Å². The van der Waals surface area contributed by atoms with Crippen molar-refractivity contribution in [2.45, 2.75) is 33.3 Å². The Kier molecular flexibility index (Phi) is 9.44. The van der Waals surface area contributed by atoms with Gasteiger partial charge < -0.3 is 7.59 Å². The molecule has 0 heterocycles. The van der Waals surface area contributed by atoms with Crippen molar-refractivity contribution in [1.29, 1.82) is 0 Å². The molecule has 0 aromatic rings. The second kappa shape index (κ2) is 6.84. The Labute approximate surface area is 88.9 Å². The van der Waals surface area contributed by atoms with Gasteiger partial charge in [-0.15, -0.1) is 0 Å². The van der Waals surface area contributed by atoms with E-state index in [1.165, 1.54) is 6.92 Å². The summed E-state index contributed by atoms with van der Waals surface area (Å²) < 4.78 is 4.76. The summed E-state index contributed by atoms with van der Waals surface area (Å²) in [6.45, 7) is 5.28. The molecule has 0 spiro atoms. The molecule has 3 heteroatoms. The average Bonchev–Trinajstić information content (AvgIpc) is 1.65. The first-order valence-electron chi connectivity index (χ1n) is 2.84. The van der Waals surface area contributed by atoms with Crippen LogP contribution in [0.2, 0.25) is 0 Å². The minimum atomic E-state index is -0.195. The summed E-state index contributed by atoms with van der Waals surface area (Å²) in [5.74, 6) is -0.195. The van der Waals surface area contributed by atoms with Gasteiger partial charge in [0, 0.05) is 6.92 Å². The largest absolute Gasteiger partial charge is 2.00 e. The molecule has 0 radical (unpaired) electrons. The van der Waals surface area contributed by atoms with E-state index in [1.54, 1.807) is 0 Å². The second-order valence-corrected chi connectivity index (χ2v) is 1.83. The zero-order valence-electron chi connectivity index (χ0n) is 8.31. The molecular weight excluding hydrogens is 144 g/mol. The van der Waals surface area contributed by atoms with E-state index in [-0.39, 0.29) is 52.7 Å². The van der Waals surface area contributed by atoms with Crippen molar-refractivity contribution in [3.8, 4) is 0 Å². The summed E-state index contributed by atoms with van der Waals surface area (Å²) in [6, 6.07) is 0. The van der Waals surface area contributed by atoms with Crippen LogP contribution in [0, 0.1) is 0 Å². The van der Waals surface area contributed by atoms with Crippen LogP contribution in [-0.4, -0.2) is 49.8 Å². The van der Waals surface area contributed by atoms with E-state index >= 15 is 0 Å². The SMILES string of the molecule is CCC(C)OC(C)=O.[Ca+2].[H-].[H-].